The number of carbonyl (C=O) groups is 2. The summed E-state index contributed by atoms with van der Waals surface area (Å²) >= 11 is 0. The second-order valence-corrected chi connectivity index (χ2v) is 3.34. The molecule has 0 radical (unpaired) electrons. The number of nitrogens with zero attached hydrogens (tertiary/aromatic N) is 2. The van der Waals surface area contributed by atoms with Crippen LogP contribution in [-0.2, 0) is 19.1 Å². The first-order valence-corrected chi connectivity index (χ1v) is 5.05. The van der Waals surface area contributed by atoms with E-state index in [4.69, 9.17) is 0 Å². The van der Waals surface area contributed by atoms with Gasteiger partial charge in [0.15, 0.2) is 0 Å². The molecule has 0 atom stereocenters. The summed E-state index contributed by atoms with van der Waals surface area (Å²) in [6, 6.07) is 0. The molecule has 10 heteroatoms. The molecule has 0 aliphatic rings. The summed E-state index contributed by atoms with van der Waals surface area (Å²) in [4.78, 5) is 47.8. The number of ether oxygens (including phenoxy) is 2. The van der Waals surface area contributed by atoms with Gasteiger partial charge in [0.1, 0.15) is 13.1 Å². The first-order valence-electron chi connectivity index (χ1n) is 5.05. The lowest BCUT2D eigenvalue weighted by atomic mass is 10.4. The van der Waals surface area contributed by atoms with Crippen molar-refractivity contribution >= 4 is 17.8 Å². The zero-order valence-electron chi connectivity index (χ0n) is 10.3. The Labute approximate surface area is 106 Å². The smallest absolute Gasteiger partial charge is 0.342 e. The zero-order valence-corrected chi connectivity index (χ0v) is 10.3. The second-order valence-electron chi connectivity index (χ2n) is 3.34. The van der Waals surface area contributed by atoms with Crippen LogP contribution >= 0.6 is 0 Å². The number of hydrogen-bond donors (Lipinski definition) is 2. The van der Waals surface area contributed by atoms with E-state index in [2.05, 4.69) is 14.6 Å². The molecule has 1 rings (SSSR count). The molecular weight excluding hydrogens is 260 g/mol. The Hall–Kier alpha value is -2.65. The van der Waals surface area contributed by atoms with Gasteiger partial charge in [-0.3, -0.25) is 19.4 Å². The summed E-state index contributed by atoms with van der Waals surface area (Å²) < 4.78 is 8.87. The molecular formula is C9H12N4O6. The van der Waals surface area contributed by atoms with E-state index in [0.717, 1.165) is 19.1 Å². The van der Waals surface area contributed by atoms with Gasteiger partial charge in [-0.15, -0.1) is 5.10 Å². The van der Waals surface area contributed by atoms with Crippen molar-refractivity contribution in [2.45, 2.75) is 0 Å². The van der Waals surface area contributed by atoms with Crippen LogP contribution in [0.4, 0.5) is 5.82 Å². The maximum Gasteiger partial charge on any atom is 0.342 e. The van der Waals surface area contributed by atoms with Crippen molar-refractivity contribution in [2.75, 3.05) is 32.2 Å². The molecule has 0 unspecified atom stereocenters. The molecule has 1 aromatic rings. The lowest BCUT2D eigenvalue weighted by molar-refractivity contribution is -0.140. The van der Waals surface area contributed by atoms with E-state index in [9.17, 15) is 19.2 Å². The molecule has 1 heterocycles. The van der Waals surface area contributed by atoms with Gasteiger partial charge in [-0.05, 0) is 0 Å². The Balaban J connectivity index is 3.07. The summed E-state index contributed by atoms with van der Waals surface area (Å²) in [6.45, 7) is -0.790. The lowest BCUT2D eigenvalue weighted by Gasteiger charge is -2.19. The van der Waals surface area contributed by atoms with Crippen molar-refractivity contribution in [3.63, 3.8) is 0 Å². The number of nitrogens with one attached hydrogen (secondary N) is 2. The molecule has 1 aromatic heterocycles. The minimum absolute atomic E-state index is 0.296. The maximum atomic E-state index is 11.5. The average molecular weight is 272 g/mol. The van der Waals surface area contributed by atoms with E-state index in [1.165, 1.54) is 0 Å². The van der Waals surface area contributed by atoms with E-state index < -0.39 is 36.3 Å². The molecule has 0 saturated heterocycles. The molecule has 0 bridgehead atoms. The molecule has 0 fully saturated rings. The van der Waals surface area contributed by atoms with Crippen molar-refractivity contribution in [3.05, 3.63) is 20.8 Å². The van der Waals surface area contributed by atoms with E-state index >= 15 is 0 Å². The molecule has 0 aromatic carbocycles. The fraction of sp³-hybridized carbons (Fsp3) is 0.444. The van der Waals surface area contributed by atoms with Crippen LogP contribution < -0.4 is 16.1 Å². The highest BCUT2D eigenvalue weighted by Crippen LogP contribution is 2.01. The molecule has 0 saturated carbocycles. The van der Waals surface area contributed by atoms with Crippen LogP contribution in [0.25, 0.3) is 0 Å². The zero-order chi connectivity index (χ0) is 14.4. The van der Waals surface area contributed by atoms with Gasteiger partial charge in [0.25, 0.3) is 5.56 Å². The normalized spacial score (nSPS) is 9.79. The van der Waals surface area contributed by atoms with Crippen LogP contribution in [0.5, 0.6) is 0 Å². The number of aromatic nitrogens is 3. The van der Waals surface area contributed by atoms with Crippen LogP contribution in [0.1, 0.15) is 0 Å². The topological polar surface area (TPSA) is 134 Å². The van der Waals surface area contributed by atoms with E-state index in [-0.39, 0.29) is 5.82 Å². The third-order valence-electron chi connectivity index (χ3n) is 2.09. The van der Waals surface area contributed by atoms with Gasteiger partial charge in [0.05, 0.1) is 14.2 Å². The van der Waals surface area contributed by atoms with Gasteiger partial charge >= 0.3 is 17.6 Å². The summed E-state index contributed by atoms with van der Waals surface area (Å²) in [7, 11) is 2.31. The van der Waals surface area contributed by atoms with Crippen molar-refractivity contribution in [3.8, 4) is 0 Å². The van der Waals surface area contributed by atoms with Crippen molar-refractivity contribution < 1.29 is 19.1 Å². The number of aromatic amines is 2. The van der Waals surface area contributed by atoms with E-state index in [1.807, 2.05) is 10.1 Å². The second kappa shape index (κ2) is 6.33. The fourth-order valence-electron chi connectivity index (χ4n) is 1.20. The van der Waals surface area contributed by atoms with Crippen molar-refractivity contribution in [1.82, 2.24) is 15.2 Å². The van der Waals surface area contributed by atoms with Crippen LogP contribution in [0, 0.1) is 0 Å². The fourth-order valence-corrected chi connectivity index (χ4v) is 1.20. The predicted molar refractivity (Wildman–Crippen MR) is 61.7 cm³/mol. The Kier molecular flexibility index (Phi) is 4.80. The number of methoxy groups -OCH3 is 2. The first kappa shape index (κ1) is 14.4. The number of H-pyrrole nitrogens is 2. The highest BCUT2D eigenvalue weighted by Gasteiger charge is 2.20. The predicted octanol–water partition coefficient (Wildman–Crippen LogP) is -2.39. The van der Waals surface area contributed by atoms with E-state index in [0.29, 0.717) is 0 Å². The standard InChI is InChI=1S/C9H12N4O6/c1-18-5(14)3-13(4-6(15)19-2)7-8(16)10-9(17)12-11-7/h3-4H2,1-2H3,(H2,10,12,16,17). The van der Waals surface area contributed by atoms with Crippen LogP contribution in [-0.4, -0.2) is 54.4 Å². The Morgan fingerprint density at radius 2 is 1.68 bits per heavy atom. The Morgan fingerprint density at radius 1 is 1.16 bits per heavy atom. The molecule has 19 heavy (non-hydrogen) atoms. The number of anilines is 1. The largest absolute Gasteiger partial charge is 0.468 e. The number of rotatable bonds is 5. The van der Waals surface area contributed by atoms with Crippen molar-refractivity contribution in [1.29, 1.82) is 0 Å². The third-order valence-corrected chi connectivity index (χ3v) is 2.09. The van der Waals surface area contributed by atoms with Crippen LogP contribution in [0.15, 0.2) is 9.59 Å². The third kappa shape index (κ3) is 3.94. The summed E-state index contributed by atoms with van der Waals surface area (Å²) in [5.74, 6) is -1.66. The van der Waals surface area contributed by atoms with Gasteiger partial charge in [-0.2, -0.15) is 0 Å². The molecule has 0 spiro atoms. The Bertz CT molecular complexity index is 559. The summed E-state index contributed by atoms with van der Waals surface area (Å²) in [6.07, 6.45) is 0. The summed E-state index contributed by atoms with van der Waals surface area (Å²) in [5, 5.41) is 5.48. The monoisotopic (exact) mass is 272 g/mol. The minimum atomic E-state index is -0.837. The van der Waals surface area contributed by atoms with Gasteiger partial charge in [-0.1, -0.05) is 0 Å². The molecule has 104 valence electrons. The maximum absolute atomic E-state index is 11.5. The van der Waals surface area contributed by atoms with Crippen LogP contribution in [0.3, 0.4) is 0 Å². The molecule has 0 aliphatic carbocycles. The number of esters is 2. The summed E-state index contributed by atoms with van der Waals surface area (Å²) in [5.41, 5.74) is -1.64. The molecule has 10 nitrogen and oxygen atoms in total. The Morgan fingerprint density at radius 3 is 2.11 bits per heavy atom. The quantitative estimate of drug-likeness (QED) is 0.567. The highest BCUT2D eigenvalue weighted by molar-refractivity contribution is 5.80. The average Bonchev–Trinajstić information content (AvgIpc) is 2.37. The lowest BCUT2D eigenvalue weighted by Crippen LogP contribution is -2.41. The van der Waals surface area contributed by atoms with Crippen LogP contribution in [0.2, 0.25) is 0 Å². The van der Waals surface area contributed by atoms with Gasteiger partial charge in [-0.25, -0.2) is 9.89 Å². The van der Waals surface area contributed by atoms with Gasteiger partial charge < -0.3 is 14.4 Å². The SMILES string of the molecule is COC(=O)CN(CC(=O)OC)c1n[nH]c(=O)[nH]c1=O. The van der Waals surface area contributed by atoms with Crippen molar-refractivity contribution in [2.24, 2.45) is 0 Å². The highest BCUT2D eigenvalue weighted by atomic mass is 16.5. The number of carbonyl (C=O) groups excluding carboxylic acids is 2. The molecule has 2 N–H and O–H groups in total. The van der Waals surface area contributed by atoms with Gasteiger partial charge in [0, 0.05) is 0 Å². The molecule has 0 amide bonds. The van der Waals surface area contributed by atoms with Gasteiger partial charge in [0.2, 0.25) is 5.82 Å². The minimum Gasteiger partial charge on any atom is -0.468 e. The number of hydrogen-bond acceptors (Lipinski definition) is 8. The first-order chi connectivity index (χ1) is 8.97. The molecule has 0 aliphatic heterocycles. The van der Waals surface area contributed by atoms with E-state index in [1.54, 1.807) is 0 Å².